The normalized spacial score (nSPS) is 17.2. The summed E-state index contributed by atoms with van der Waals surface area (Å²) < 4.78 is 10.6. The third-order valence-corrected chi connectivity index (χ3v) is 3.15. The molecule has 100 valence electrons. The van der Waals surface area contributed by atoms with Gasteiger partial charge in [-0.3, -0.25) is 0 Å². The van der Waals surface area contributed by atoms with Crippen LogP contribution in [-0.4, -0.2) is 31.5 Å². The van der Waals surface area contributed by atoms with Gasteiger partial charge in [0.1, 0.15) is 0 Å². The zero-order valence-electron chi connectivity index (χ0n) is 11.0. The second-order valence-electron chi connectivity index (χ2n) is 5.10. The van der Waals surface area contributed by atoms with E-state index in [1.165, 1.54) is 0 Å². The summed E-state index contributed by atoms with van der Waals surface area (Å²) in [6.07, 6.45) is 0. The van der Waals surface area contributed by atoms with Gasteiger partial charge in [-0.2, -0.15) is 0 Å². The summed E-state index contributed by atoms with van der Waals surface area (Å²) in [5.41, 5.74) is 1.11. The minimum absolute atomic E-state index is 0.238. The number of nitrogens with one attached hydrogen (secondary N) is 1. The van der Waals surface area contributed by atoms with Crippen molar-refractivity contribution in [3.8, 4) is 11.5 Å². The number of phenols is 1. The quantitative estimate of drug-likeness (QED) is 0.811. The first kappa shape index (κ1) is 13.2. The molecule has 4 heteroatoms. The average molecular weight is 251 g/mol. The van der Waals surface area contributed by atoms with Crippen LogP contribution in [0.2, 0.25) is 0 Å². The Balaban J connectivity index is 1.90. The van der Waals surface area contributed by atoms with Crippen molar-refractivity contribution in [3.05, 3.63) is 23.8 Å². The fourth-order valence-corrected chi connectivity index (χ4v) is 2.03. The summed E-state index contributed by atoms with van der Waals surface area (Å²) in [5.74, 6) is 0.789. The molecule has 1 aromatic rings. The van der Waals surface area contributed by atoms with Gasteiger partial charge in [-0.05, 0) is 13.0 Å². The number of rotatable bonds is 6. The summed E-state index contributed by atoms with van der Waals surface area (Å²) in [6, 6.07) is 5.59. The lowest BCUT2D eigenvalue weighted by Gasteiger charge is -2.38. The number of aromatic hydroxyl groups is 1. The molecule has 1 saturated heterocycles. The van der Waals surface area contributed by atoms with E-state index in [4.69, 9.17) is 9.47 Å². The van der Waals surface area contributed by atoms with Gasteiger partial charge in [-0.15, -0.1) is 0 Å². The van der Waals surface area contributed by atoms with Gasteiger partial charge in [0.05, 0.1) is 19.8 Å². The highest BCUT2D eigenvalue weighted by Gasteiger charge is 2.32. The number of hydrogen-bond acceptors (Lipinski definition) is 4. The Hall–Kier alpha value is -1.26. The van der Waals surface area contributed by atoms with Crippen LogP contribution in [0.15, 0.2) is 18.2 Å². The van der Waals surface area contributed by atoms with Crippen LogP contribution in [0, 0.1) is 5.41 Å². The maximum Gasteiger partial charge on any atom is 0.162 e. The van der Waals surface area contributed by atoms with Crippen LogP contribution in [0.1, 0.15) is 19.4 Å². The second kappa shape index (κ2) is 5.59. The first-order valence-corrected chi connectivity index (χ1v) is 6.37. The number of para-hydroxylation sites is 1. The highest BCUT2D eigenvalue weighted by molar-refractivity contribution is 5.45. The van der Waals surface area contributed by atoms with Crippen molar-refractivity contribution in [3.63, 3.8) is 0 Å². The molecule has 0 aromatic heterocycles. The van der Waals surface area contributed by atoms with E-state index in [1.807, 2.05) is 19.1 Å². The lowest BCUT2D eigenvalue weighted by Crippen LogP contribution is -2.47. The molecule has 1 aliphatic rings. The van der Waals surface area contributed by atoms with E-state index in [9.17, 15) is 5.11 Å². The molecule has 1 heterocycles. The largest absolute Gasteiger partial charge is 0.504 e. The van der Waals surface area contributed by atoms with Crippen molar-refractivity contribution >= 4 is 0 Å². The van der Waals surface area contributed by atoms with Crippen LogP contribution >= 0.6 is 0 Å². The van der Waals surface area contributed by atoms with Crippen molar-refractivity contribution in [1.82, 2.24) is 5.32 Å². The molecule has 1 aromatic carbocycles. The number of benzene rings is 1. The highest BCUT2D eigenvalue weighted by atomic mass is 16.5. The molecule has 0 unspecified atom stereocenters. The van der Waals surface area contributed by atoms with Gasteiger partial charge in [0.15, 0.2) is 11.5 Å². The standard InChI is InChI=1S/C14H21NO3/c1-3-18-12-6-4-5-11(13(12)16)7-15-8-14(2)9-17-10-14/h4-6,15-16H,3,7-10H2,1-2H3. The lowest BCUT2D eigenvalue weighted by molar-refractivity contribution is -0.0991. The van der Waals surface area contributed by atoms with E-state index >= 15 is 0 Å². The minimum atomic E-state index is 0.238. The third kappa shape index (κ3) is 2.94. The van der Waals surface area contributed by atoms with E-state index in [2.05, 4.69) is 12.2 Å². The van der Waals surface area contributed by atoms with Gasteiger partial charge in [0.25, 0.3) is 0 Å². The maximum absolute atomic E-state index is 10.0. The van der Waals surface area contributed by atoms with Gasteiger partial charge in [-0.1, -0.05) is 19.1 Å². The van der Waals surface area contributed by atoms with Gasteiger partial charge in [0.2, 0.25) is 0 Å². The Labute approximate surface area is 108 Å². The Bertz CT molecular complexity index is 402. The van der Waals surface area contributed by atoms with Crippen molar-refractivity contribution in [1.29, 1.82) is 0 Å². The van der Waals surface area contributed by atoms with E-state index in [0.29, 0.717) is 18.9 Å². The first-order valence-electron chi connectivity index (χ1n) is 6.37. The smallest absolute Gasteiger partial charge is 0.162 e. The van der Waals surface area contributed by atoms with Gasteiger partial charge < -0.3 is 19.9 Å². The van der Waals surface area contributed by atoms with Crippen molar-refractivity contribution in [2.45, 2.75) is 20.4 Å². The fourth-order valence-electron chi connectivity index (χ4n) is 2.03. The molecule has 1 fully saturated rings. The van der Waals surface area contributed by atoms with Crippen molar-refractivity contribution in [2.24, 2.45) is 5.41 Å². The van der Waals surface area contributed by atoms with Crippen molar-refractivity contribution < 1.29 is 14.6 Å². The van der Waals surface area contributed by atoms with Crippen LogP contribution in [0.3, 0.4) is 0 Å². The molecule has 0 saturated carbocycles. The van der Waals surface area contributed by atoms with Crippen LogP contribution in [-0.2, 0) is 11.3 Å². The first-order chi connectivity index (χ1) is 8.64. The molecule has 0 atom stereocenters. The Kier molecular flexibility index (Phi) is 4.09. The maximum atomic E-state index is 10.0. The Morgan fingerprint density at radius 1 is 1.44 bits per heavy atom. The molecular weight excluding hydrogens is 230 g/mol. The summed E-state index contributed by atoms with van der Waals surface area (Å²) in [4.78, 5) is 0. The van der Waals surface area contributed by atoms with Crippen LogP contribution in [0.5, 0.6) is 11.5 Å². The molecule has 2 rings (SSSR count). The fraction of sp³-hybridized carbons (Fsp3) is 0.571. The molecule has 0 bridgehead atoms. The van der Waals surface area contributed by atoms with Crippen LogP contribution in [0.4, 0.5) is 0 Å². The SMILES string of the molecule is CCOc1cccc(CNCC2(C)COC2)c1O. The molecule has 0 aliphatic carbocycles. The Morgan fingerprint density at radius 2 is 2.22 bits per heavy atom. The monoisotopic (exact) mass is 251 g/mol. The summed E-state index contributed by atoms with van der Waals surface area (Å²) in [7, 11) is 0. The summed E-state index contributed by atoms with van der Waals surface area (Å²) >= 11 is 0. The van der Waals surface area contributed by atoms with E-state index in [1.54, 1.807) is 6.07 Å². The average Bonchev–Trinajstić information content (AvgIpc) is 2.32. The molecule has 2 N–H and O–H groups in total. The third-order valence-electron chi connectivity index (χ3n) is 3.15. The predicted molar refractivity (Wildman–Crippen MR) is 69.9 cm³/mol. The number of phenolic OH excluding ortho intramolecular Hbond substituents is 1. The molecular formula is C14H21NO3. The zero-order chi connectivity index (χ0) is 13.0. The Morgan fingerprint density at radius 3 is 2.83 bits per heavy atom. The minimum Gasteiger partial charge on any atom is -0.504 e. The highest BCUT2D eigenvalue weighted by Crippen LogP contribution is 2.30. The lowest BCUT2D eigenvalue weighted by atomic mass is 9.89. The molecule has 0 amide bonds. The van der Waals surface area contributed by atoms with Gasteiger partial charge >= 0.3 is 0 Å². The predicted octanol–water partition coefficient (Wildman–Crippen LogP) is 1.92. The summed E-state index contributed by atoms with van der Waals surface area (Å²) in [5, 5.41) is 13.4. The number of ether oxygens (including phenoxy) is 2. The second-order valence-corrected chi connectivity index (χ2v) is 5.10. The molecule has 0 spiro atoms. The number of hydrogen-bond donors (Lipinski definition) is 2. The van der Waals surface area contributed by atoms with E-state index < -0.39 is 0 Å². The van der Waals surface area contributed by atoms with Crippen LogP contribution < -0.4 is 10.1 Å². The molecule has 4 nitrogen and oxygen atoms in total. The van der Waals surface area contributed by atoms with E-state index in [0.717, 1.165) is 25.3 Å². The molecule has 18 heavy (non-hydrogen) atoms. The van der Waals surface area contributed by atoms with Crippen LogP contribution in [0.25, 0.3) is 0 Å². The molecule has 1 aliphatic heterocycles. The topological polar surface area (TPSA) is 50.7 Å². The molecule has 0 radical (unpaired) electrons. The van der Waals surface area contributed by atoms with Gasteiger partial charge in [-0.25, -0.2) is 0 Å². The summed E-state index contributed by atoms with van der Waals surface area (Å²) in [6.45, 7) is 7.81. The zero-order valence-corrected chi connectivity index (χ0v) is 11.0. The van der Waals surface area contributed by atoms with E-state index in [-0.39, 0.29) is 11.2 Å². The van der Waals surface area contributed by atoms with Crippen molar-refractivity contribution in [2.75, 3.05) is 26.4 Å². The van der Waals surface area contributed by atoms with Gasteiger partial charge in [0, 0.05) is 24.1 Å².